The van der Waals surface area contributed by atoms with Gasteiger partial charge in [-0.3, -0.25) is 9.59 Å². The first-order chi connectivity index (χ1) is 22.0. The van der Waals surface area contributed by atoms with Gasteiger partial charge < -0.3 is 29.5 Å². The lowest BCUT2D eigenvalue weighted by atomic mass is 9.51. The van der Waals surface area contributed by atoms with Crippen LogP contribution < -0.4 is 9.47 Å². The Morgan fingerprint density at radius 1 is 1.02 bits per heavy atom. The van der Waals surface area contributed by atoms with Gasteiger partial charge in [0.1, 0.15) is 28.4 Å². The Balaban J connectivity index is 1.59. The van der Waals surface area contributed by atoms with Gasteiger partial charge in [0.25, 0.3) is 0 Å². The monoisotopic (exact) mass is 644 g/mol. The molecule has 3 N–H and O–H groups in total. The number of phenols is 1. The predicted molar refractivity (Wildman–Crippen MR) is 176 cm³/mol. The van der Waals surface area contributed by atoms with Crippen LogP contribution in [0.15, 0.2) is 52.7 Å². The van der Waals surface area contributed by atoms with Crippen molar-refractivity contribution in [3.63, 3.8) is 0 Å². The molecule has 47 heavy (non-hydrogen) atoms. The van der Waals surface area contributed by atoms with Crippen molar-refractivity contribution in [1.29, 1.82) is 0 Å². The molecule has 3 aliphatic heterocycles. The van der Waals surface area contributed by atoms with Crippen molar-refractivity contribution in [1.82, 2.24) is 0 Å². The summed E-state index contributed by atoms with van der Waals surface area (Å²) in [6, 6.07) is 0. The maximum Gasteiger partial charge on any atom is 0.333 e. The minimum atomic E-state index is -1.74. The molecule has 5 atom stereocenters. The van der Waals surface area contributed by atoms with E-state index in [1.54, 1.807) is 6.08 Å². The molecule has 250 valence electrons. The molecule has 3 heterocycles. The Hall–Kier alpha value is -3.95. The summed E-state index contributed by atoms with van der Waals surface area (Å²) in [4.78, 5) is 40.9. The van der Waals surface area contributed by atoms with Gasteiger partial charge in [-0.15, -0.1) is 0 Å². The van der Waals surface area contributed by atoms with E-state index in [1.165, 1.54) is 11.6 Å². The summed E-state index contributed by atoms with van der Waals surface area (Å²) in [7, 11) is 0. The average molecular weight is 645 g/mol. The number of Topliss-reactive ketones (excluding diaryl/α,β-unsaturated/α-hetero) is 2. The van der Waals surface area contributed by atoms with Crippen LogP contribution in [0.3, 0.4) is 0 Å². The Labute approximate surface area is 275 Å². The van der Waals surface area contributed by atoms with Crippen LogP contribution in [0, 0.1) is 11.8 Å². The maximum absolute atomic E-state index is 14.7. The third kappa shape index (κ3) is 4.76. The highest BCUT2D eigenvalue weighted by Crippen LogP contribution is 2.68. The second-order valence-corrected chi connectivity index (χ2v) is 14.8. The van der Waals surface area contributed by atoms with Gasteiger partial charge in [-0.1, -0.05) is 35.5 Å². The van der Waals surface area contributed by atoms with Crippen LogP contribution in [0.25, 0.3) is 6.08 Å². The molecule has 0 aromatic heterocycles. The molecule has 9 heteroatoms. The van der Waals surface area contributed by atoms with E-state index < -0.39 is 52.6 Å². The zero-order valence-corrected chi connectivity index (χ0v) is 28.2. The van der Waals surface area contributed by atoms with Crippen molar-refractivity contribution in [2.45, 2.75) is 103 Å². The third-order valence-corrected chi connectivity index (χ3v) is 10.5. The number of hydrogen-bond donors (Lipinski definition) is 3. The predicted octanol–water partition coefficient (Wildman–Crippen LogP) is 6.21. The molecule has 0 radical (unpaired) electrons. The first kappa shape index (κ1) is 33.0. The first-order valence-electron chi connectivity index (χ1n) is 16.3. The number of ether oxygens (including phenoxy) is 3. The van der Waals surface area contributed by atoms with E-state index in [9.17, 15) is 29.7 Å². The Morgan fingerprint density at radius 3 is 2.36 bits per heavy atom. The number of aliphatic hydroxyl groups is 1. The lowest BCUT2D eigenvalue weighted by molar-refractivity contribution is -0.171. The molecule has 2 fully saturated rings. The van der Waals surface area contributed by atoms with Gasteiger partial charge in [0.05, 0.1) is 23.3 Å². The van der Waals surface area contributed by atoms with E-state index in [4.69, 9.17) is 14.2 Å². The van der Waals surface area contributed by atoms with Gasteiger partial charge in [-0.05, 0) is 86.3 Å². The second kappa shape index (κ2) is 11.1. The van der Waals surface area contributed by atoms with Gasteiger partial charge >= 0.3 is 5.97 Å². The number of aliphatic hydroxyl groups excluding tert-OH is 1. The van der Waals surface area contributed by atoms with Crippen LogP contribution in [0.2, 0.25) is 0 Å². The zero-order valence-electron chi connectivity index (χ0n) is 28.2. The smallest absolute Gasteiger partial charge is 0.333 e. The van der Waals surface area contributed by atoms with E-state index in [-0.39, 0.29) is 40.4 Å². The Bertz CT molecular complexity index is 1750. The van der Waals surface area contributed by atoms with Crippen LogP contribution >= 0.6 is 0 Å². The number of phenolic OH excluding ortho intramolecular Hbond substituents is 1. The highest BCUT2D eigenvalue weighted by molar-refractivity contribution is 6.19. The van der Waals surface area contributed by atoms with Gasteiger partial charge in [-0.25, -0.2) is 4.79 Å². The molecule has 0 unspecified atom stereocenters. The fourth-order valence-electron chi connectivity index (χ4n) is 8.27. The Morgan fingerprint density at radius 2 is 1.72 bits per heavy atom. The number of carbonyl (C=O) groups is 3. The van der Waals surface area contributed by atoms with Crippen molar-refractivity contribution in [3.8, 4) is 17.2 Å². The van der Waals surface area contributed by atoms with Crippen LogP contribution in [0.1, 0.15) is 95.6 Å². The molecule has 1 saturated heterocycles. The lowest BCUT2D eigenvalue weighted by Crippen LogP contribution is -2.72. The number of benzene rings is 1. The minimum Gasteiger partial charge on any atom is -0.506 e. The Kier molecular flexibility index (Phi) is 7.76. The summed E-state index contributed by atoms with van der Waals surface area (Å²) in [5.41, 5.74) is -1.79. The summed E-state index contributed by atoms with van der Waals surface area (Å²) < 4.78 is 20.5. The molecule has 1 aromatic rings. The number of rotatable bonds is 9. The number of aromatic hydroxyl groups is 1. The van der Waals surface area contributed by atoms with E-state index in [0.29, 0.717) is 36.1 Å². The largest absolute Gasteiger partial charge is 0.506 e. The summed E-state index contributed by atoms with van der Waals surface area (Å²) >= 11 is 0. The van der Waals surface area contributed by atoms with Crippen molar-refractivity contribution in [2.75, 3.05) is 6.61 Å². The van der Waals surface area contributed by atoms with Crippen LogP contribution in [0.4, 0.5) is 0 Å². The molecule has 0 amide bonds. The molecule has 3 aliphatic carbocycles. The molecule has 1 spiro atoms. The molecular weight excluding hydrogens is 600 g/mol. The van der Waals surface area contributed by atoms with E-state index >= 15 is 0 Å². The number of hydrogen-bond acceptors (Lipinski definition) is 8. The third-order valence-electron chi connectivity index (χ3n) is 10.5. The van der Waals surface area contributed by atoms with Crippen LogP contribution in [-0.4, -0.2) is 61.9 Å². The van der Waals surface area contributed by atoms with Gasteiger partial charge in [-0.2, -0.15) is 0 Å². The van der Waals surface area contributed by atoms with E-state index in [0.717, 1.165) is 12.0 Å². The molecular formula is C38H44O9. The summed E-state index contributed by atoms with van der Waals surface area (Å²) in [6.45, 7) is 13.0. The molecule has 7 rings (SSSR count). The number of carboxylic acid groups (broad SMARTS) is 1. The summed E-state index contributed by atoms with van der Waals surface area (Å²) in [5.74, 6) is -2.84. The minimum absolute atomic E-state index is 0.0173. The molecule has 1 aromatic carbocycles. The number of allylic oxidation sites excluding steroid dienone is 5. The molecule has 9 nitrogen and oxygen atoms in total. The number of fused-ring (bicyclic) bond motifs is 2. The highest BCUT2D eigenvalue weighted by Gasteiger charge is 2.81. The second-order valence-electron chi connectivity index (χ2n) is 14.8. The quantitative estimate of drug-likeness (QED) is 0.211. The molecule has 6 aliphatic rings. The molecule has 4 bridgehead atoms. The summed E-state index contributed by atoms with van der Waals surface area (Å²) in [6.07, 6.45) is 12.8. The lowest BCUT2D eigenvalue weighted by Gasteiger charge is -2.56. The number of ketones is 2. The highest BCUT2D eigenvalue weighted by atomic mass is 16.6. The van der Waals surface area contributed by atoms with Gasteiger partial charge in [0.2, 0.25) is 0 Å². The van der Waals surface area contributed by atoms with Crippen LogP contribution in [-0.2, 0) is 20.7 Å². The fourth-order valence-corrected chi connectivity index (χ4v) is 8.27. The van der Waals surface area contributed by atoms with Crippen LogP contribution in [0.5, 0.6) is 17.2 Å². The van der Waals surface area contributed by atoms with Crippen molar-refractivity contribution in [3.05, 3.63) is 69.4 Å². The SMILES string of the molecule is CC(C)=CCC[C@@]1(C)C=Cc2c(O)c3c(c(CC=C(C)C)c2O1)O[C@]12C(=C[C@@H]4C[C@H]1C(C)(C)O[C@@]2(C/C=C(\CO)C(=O)O)C4=O)C3=O. The standard InChI is InChI=1S/C38H44O9/c1-20(2)9-8-14-36(7)15-13-24-29(40)28-30(41)26-17-23-18-27-35(5,6)47-37(33(23)42,16-12-22(19-39)34(43)44)38(26,27)46-32(28)25(31(24)45-36)11-10-21(3)4/h9-10,12-13,15,17,23,27,39-40H,8,11,14,16,18-19H2,1-7H3,(H,43,44)/b22-12+/t23-,27+,36+,37+,38-/m1/s1. The number of carbonyl (C=O) groups excluding carboxylic acids is 2. The van der Waals surface area contributed by atoms with Crippen molar-refractivity contribution in [2.24, 2.45) is 11.8 Å². The number of aliphatic carboxylic acids is 1. The van der Waals surface area contributed by atoms with Gasteiger partial charge in [0, 0.05) is 29.4 Å². The zero-order chi connectivity index (χ0) is 34.3. The summed E-state index contributed by atoms with van der Waals surface area (Å²) in [5, 5.41) is 31.2. The number of carboxylic acids is 1. The topological polar surface area (TPSA) is 140 Å². The first-order valence-corrected chi connectivity index (χ1v) is 16.3. The molecule has 1 saturated carbocycles. The fraction of sp³-hybridized carbons (Fsp3) is 0.500. The maximum atomic E-state index is 14.7. The van der Waals surface area contributed by atoms with Crippen molar-refractivity contribution >= 4 is 23.6 Å². The van der Waals surface area contributed by atoms with Crippen molar-refractivity contribution < 1.29 is 43.9 Å². The average Bonchev–Trinajstić information content (AvgIpc) is 3.13. The van der Waals surface area contributed by atoms with E-state index in [2.05, 4.69) is 6.08 Å². The van der Waals surface area contributed by atoms with E-state index in [1.807, 2.05) is 66.7 Å². The van der Waals surface area contributed by atoms with Gasteiger partial charge in [0.15, 0.2) is 22.8 Å². The normalized spacial score (nSPS) is 30.8.